The zero-order valence-corrected chi connectivity index (χ0v) is 19.7. The van der Waals surface area contributed by atoms with Crippen LogP contribution in [-0.4, -0.2) is 53.4 Å². The van der Waals surface area contributed by atoms with Gasteiger partial charge in [-0.05, 0) is 35.4 Å². The van der Waals surface area contributed by atoms with Crippen molar-refractivity contribution >= 4 is 22.5 Å². The van der Waals surface area contributed by atoms with Crippen LogP contribution in [0.15, 0.2) is 79.0 Å². The Morgan fingerprint density at radius 1 is 0.914 bits per heavy atom. The van der Waals surface area contributed by atoms with E-state index in [1.165, 1.54) is 0 Å². The van der Waals surface area contributed by atoms with Crippen LogP contribution in [0.25, 0.3) is 10.9 Å². The Labute approximate surface area is 205 Å². The maximum Gasteiger partial charge on any atom is 0.228 e. The van der Waals surface area contributed by atoms with Gasteiger partial charge in [-0.2, -0.15) is 5.10 Å². The maximum atomic E-state index is 12.8. The van der Waals surface area contributed by atoms with Gasteiger partial charge >= 0.3 is 0 Å². The molecule has 3 aromatic carbocycles. The van der Waals surface area contributed by atoms with E-state index < -0.39 is 0 Å². The molecule has 1 amide bonds. The Morgan fingerprint density at radius 3 is 2.51 bits per heavy atom. The number of hydrogen-bond donors (Lipinski definition) is 1. The van der Waals surface area contributed by atoms with E-state index in [1.807, 2.05) is 83.7 Å². The molecule has 0 saturated carbocycles. The molecule has 35 heavy (non-hydrogen) atoms. The molecule has 0 bridgehead atoms. The van der Waals surface area contributed by atoms with Crippen molar-refractivity contribution in [3.05, 3.63) is 90.1 Å². The molecule has 7 heteroatoms. The molecular formula is C28H30N4O3. The van der Waals surface area contributed by atoms with Crippen molar-refractivity contribution in [2.75, 3.05) is 38.2 Å². The van der Waals surface area contributed by atoms with Gasteiger partial charge in [-0.1, -0.05) is 48.5 Å². The van der Waals surface area contributed by atoms with Gasteiger partial charge in [0.2, 0.25) is 5.91 Å². The minimum atomic E-state index is -0.0588. The second-order valence-electron chi connectivity index (χ2n) is 8.70. The monoisotopic (exact) mass is 470 g/mol. The number of nitrogens with zero attached hydrogens (tertiary/aromatic N) is 3. The number of hydrogen-bond acceptors (Lipinski definition) is 5. The summed E-state index contributed by atoms with van der Waals surface area (Å²) in [4.78, 5) is 15.2. The van der Waals surface area contributed by atoms with Crippen molar-refractivity contribution < 1.29 is 14.3 Å². The number of ether oxygens (including phenoxy) is 2. The van der Waals surface area contributed by atoms with E-state index in [-0.39, 0.29) is 5.91 Å². The zero-order chi connectivity index (χ0) is 23.9. The second kappa shape index (κ2) is 11.2. The van der Waals surface area contributed by atoms with Crippen molar-refractivity contribution in [1.29, 1.82) is 0 Å². The quantitative estimate of drug-likeness (QED) is 0.398. The number of amides is 1. The largest absolute Gasteiger partial charge is 0.489 e. The van der Waals surface area contributed by atoms with Crippen LogP contribution < -0.4 is 10.1 Å². The van der Waals surface area contributed by atoms with Gasteiger partial charge in [0.25, 0.3) is 0 Å². The molecular weight excluding hydrogens is 440 g/mol. The molecule has 0 unspecified atom stereocenters. The van der Waals surface area contributed by atoms with Crippen molar-refractivity contribution in [2.45, 2.75) is 19.6 Å². The summed E-state index contributed by atoms with van der Waals surface area (Å²) >= 11 is 0. The normalized spacial score (nSPS) is 14.2. The van der Waals surface area contributed by atoms with Gasteiger partial charge in [-0.15, -0.1) is 0 Å². The molecule has 0 atom stereocenters. The van der Waals surface area contributed by atoms with Gasteiger partial charge in [-0.25, -0.2) is 0 Å². The number of rotatable bonds is 9. The Bertz CT molecular complexity index is 1250. The summed E-state index contributed by atoms with van der Waals surface area (Å²) in [6, 6.07) is 23.7. The van der Waals surface area contributed by atoms with Crippen LogP contribution in [0.5, 0.6) is 5.75 Å². The summed E-state index contributed by atoms with van der Waals surface area (Å²) in [7, 11) is 0. The number of anilines is 1. The Kier molecular flexibility index (Phi) is 7.36. The van der Waals surface area contributed by atoms with Gasteiger partial charge in [0.15, 0.2) is 0 Å². The summed E-state index contributed by atoms with van der Waals surface area (Å²) in [6.07, 6.45) is 2.13. The number of aromatic nitrogens is 2. The smallest absolute Gasteiger partial charge is 0.228 e. The third-order valence-corrected chi connectivity index (χ3v) is 6.23. The molecule has 0 radical (unpaired) electrons. The average molecular weight is 471 g/mol. The molecule has 5 rings (SSSR count). The molecule has 1 aliphatic rings. The Morgan fingerprint density at radius 2 is 1.71 bits per heavy atom. The highest BCUT2D eigenvalue weighted by molar-refractivity contribution is 6.01. The number of nitrogens with one attached hydrogen (secondary N) is 1. The molecule has 4 aromatic rings. The van der Waals surface area contributed by atoms with Crippen molar-refractivity contribution in [2.24, 2.45) is 0 Å². The lowest BCUT2D eigenvalue weighted by atomic mass is 10.1. The zero-order valence-electron chi connectivity index (χ0n) is 19.7. The minimum absolute atomic E-state index is 0.0588. The molecule has 7 nitrogen and oxygen atoms in total. The average Bonchev–Trinajstić information content (AvgIpc) is 3.32. The van der Waals surface area contributed by atoms with Crippen LogP contribution in [0.1, 0.15) is 11.1 Å². The first-order valence-electron chi connectivity index (χ1n) is 12.0. The lowest BCUT2D eigenvalue weighted by molar-refractivity contribution is -0.115. The van der Waals surface area contributed by atoms with Crippen LogP contribution in [0.4, 0.5) is 5.69 Å². The van der Waals surface area contributed by atoms with Crippen LogP contribution in [0.2, 0.25) is 0 Å². The molecule has 0 aliphatic carbocycles. The van der Waals surface area contributed by atoms with Crippen molar-refractivity contribution in [3.8, 4) is 5.75 Å². The molecule has 180 valence electrons. The number of carbonyl (C=O) groups excluding carboxylic acids is 1. The molecule has 1 saturated heterocycles. The molecule has 1 N–H and O–H groups in total. The SMILES string of the molecule is O=C(Cc1ccc(OCc2ccccc2)cc1)Nc1cccc2c1cnn2CCN1CCOCC1. The lowest BCUT2D eigenvalue weighted by Crippen LogP contribution is -2.38. The van der Waals surface area contributed by atoms with Crippen molar-refractivity contribution in [1.82, 2.24) is 14.7 Å². The van der Waals surface area contributed by atoms with E-state index in [1.54, 1.807) is 0 Å². The Hall–Kier alpha value is -3.68. The second-order valence-corrected chi connectivity index (χ2v) is 8.70. The predicted octanol–water partition coefficient (Wildman–Crippen LogP) is 4.13. The molecule has 0 spiro atoms. The topological polar surface area (TPSA) is 68.6 Å². The van der Waals surface area contributed by atoms with Crippen LogP contribution in [0.3, 0.4) is 0 Å². The van der Waals surface area contributed by atoms with E-state index in [4.69, 9.17) is 9.47 Å². The third-order valence-electron chi connectivity index (χ3n) is 6.23. The first-order valence-corrected chi connectivity index (χ1v) is 12.0. The first-order chi connectivity index (χ1) is 17.2. The van der Waals surface area contributed by atoms with E-state index in [2.05, 4.69) is 15.3 Å². The number of morpholine rings is 1. The number of benzene rings is 3. The van der Waals surface area contributed by atoms with E-state index >= 15 is 0 Å². The summed E-state index contributed by atoms with van der Waals surface area (Å²) in [5.41, 5.74) is 3.86. The molecule has 2 heterocycles. The standard InChI is InChI=1S/C28H30N4O3/c33-28(19-22-9-11-24(12-10-22)35-21-23-5-2-1-3-6-23)30-26-7-4-8-27-25(26)20-29-32(27)14-13-31-15-17-34-18-16-31/h1-12,20H,13-19,21H2,(H,30,33). The number of fused-ring (bicyclic) bond motifs is 1. The van der Waals surface area contributed by atoms with Gasteiger partial charge in [0.1, 0.15) is 12.4 Å². The third kappa shape index (κ3) is 6.07. The fraction of sp³-hybridized carbons (Fsp3) is 0.286. The molecule has 1 aliphatic heterocycles. The number of carbonyl (C=O) groups is 1. The van der Waals surface area contributed by atoms with E-state index in [9.17, 15) is 4.79 Å². The van der Waals surface area contributed by atoms with Crippen molar-refractivity contribution in [3.63, 3.8) is 0 Å². The van der Waals surface area contributed by atoms with Crippen LogP contribution in [-0.2, 0) is 29.1 Å². The van der Waals surface area contributed by atoms with Gasteiger partial charge in [-0.3, -0.25) is 14.4 Å². The maximum absolute atomic E-state index is 12.8. The lowest BCUT2D eigenvalue weighted by Gasteiger charge is -2.26. The summed E-state index contributed by atoms with van der Waals surface area (Å²) < 4.78 is 13.3. The summed E-state index contributed by atoms with van der Waals surface area (Å²) in [5.74, 6) is 0.726. The highest BCUT2D eigenvalue weighted by atomic mass is 16.5. The highest BCUT2D eigenvalue weighted by Crippen LogP contribution is 2.24. The highest BCUT2D eigenvalue weighted by Gasteiger charge is 2.13. The van der Waals surface area contributed by atoms with Gasteiger partial charge in [0.05, 0.1) is 43.6 Å². The van der Waals surface area contributed by atoms with E-state index in [0.29, 0.717) is 13.0 Å². The predicted molar refractivity (Wildman–Crippen MR) is 137 cm³/mol. The molecule has 1 aromatic heterocycles. The summed E-state index contributed by atoms with van der Waals surface area (Å²) in [5, 5.41) is 8.59. The van der Waals surface area contributed by atoms with Gasteiger partial charge in [0, 0.05) is 25.0 Å². The van der Waals surface area contributed by atoms with E-state index in [0.717, 1.165) is 72.9 Å². The fourth-order valence-electron chi connectivity index (χ4n) is 4.28. The van der Waals surface area contributed by atoms with Gasteiger partial charge < -0.3 is 14.8 Å². The first kappa shape index (κ1) is 23.1. The minimum Gasteiger partial charge on any atom is -0.489 e. The summed E-state index contributed by atoms with van der Waals surface area (Å²) in [6.45, 7) is 5.76. The van der Waals surface area contributed by atoms with Crippen LogP contribution >= 0.6 is 0 Å². The van der Waals surface area contributed by atoms with Crippen LogP contribution in [0, 0.1) is 0 Å². The fourth-order valence-corrected chi connectivity index (χ4v) is 4.28. The Balaban J connectivity index is 1.17. The molecule has 1 fully saturated rings.